The van der Waals surface area contributed by atoms with Crippen LogP contribution in [0.5, 0.6) is 11.5 Å². The van der Waals surface area contributed by atoms with Crippen molar-refractivity contribution in [3.05, 3.63) is 94.7 Å². The number of anilines is 2. The van der Waals surface area contributed by atoms with Crippen LogP contribution in [-0.4, -0.2) is 20.0 Å². The molecule has 2 N–H and O–H groups in total. The molecule has 1 aliphatic heterocycles. The molecular weight excluding hydrogens is 438 g/mol. The molecule has 0 radical (unpaired) electrons. The lowest BCUT2D eigenvalue weighted by Crippen LogP contribution is -2.27. The van der Waals surface area contributed by atoms with Crippen LogP contribution in [0.15, 0.2) is 71.9 Å². The number of rotatable bonds is 4. The standard InChI is InChI=1S/C27H24F2N2O3/c1-33-24-10-7-15(13-25(24)34-2)16-11-22-26(23(32)12-16)27(18-14-17(28)8-9-19(18)29)31-21-6-4-3-5-20(21)30-22/h3-10,13-14,16,27,30-31H,11-12H2,1-2H3/t16-,27+/m0/s1. The lowest BCUT2D eigenvalue weighted by atomic mass is 9.78. The van der Waals surface area contributed by atoms with Crippen LogP contribution in [0.4, 0.5) is 20.2 Å². The molecule has 0 fully saturated rings. The summed E-state index contributed by atoms with van der Waals surface area (Å²) in [6.45, 7) is 0. The van der Waals surface area contributed by atoms with Gasteiger partial charge < -0.3 is 20.1 Å². The lowest BCUT2D eigenvalue weighted by molar-refractivity contribution is -0.116. The Morgan fingerprint density at radius 3 is 2.41 bits per heavy atom. The molecule has 3 aromatic carbocycles. The van der Waals surface area contributed by atoms with Gasteiger partial charge in [0.25, 0.3) is 0 Å². The second kappa shape index (κ2) is 8.82. The fourth-order valence-electron chi connectivity index (χ4n) is 4.80. The van der Waals surface area contributed by atoms with Crippen molar-refractivity contribution < 1.29 is 23.0 Å². The quantitative estimate of drug-likeness (QED) is 0.501. The summed E-state index contributed by atoms with van der Waals surface area (Å²) in [6, 6.07) is 15.6. The molecular formula is C27H24F2N2O3. The minimum atomic E-state index is -0.819. The Labute approximate surface area is 196 Å². The molecule has 0 spiro atoms. The summed E-state index contributed by atoms with van der Waals surface area (Å²) in [5.41, 5.74) is 3.65. The Balaban J connectivity index is 1.61. The Hall–Kier alpha value is -3.87. The number of ketones is 1. The first-order valence-electron chi connectivity index (χ1n) is 11.0. The minimum Gasteiger partial charge on any atom is -0.493 e. The zero-order chi connectivity index (χ0) is 23.8. The molecule has 3 aromatic rings. The maximum atomic E-state index is 14.9. The van der Waals surface area contributed by atoms with Crippen molar-refractivity contribution in [2.24, 2.45) is 0 Å². The van der Waals surface area contributed by atoms with Gasteiger partial charge in [-0.25, -0.2) is 8.78 Å². The van der Waals surface area contributed by atoms with E-state index in [1.807, 2.05) is 42.5 Å². The van der Waals surface area contributed by atoms with Gasteiger partial charge in [0.15, 0.2) is 17.3 Å². The maximum absolute atomic E-state index is 14.9. The topological polar surface area (TPSA) is 59.6 Å². The third-order valence-corrected chi connectivity index (χ3v) is 6.46. The zero-order valence-electron chi connectivity index (χ0n) is 18.8. The van der Waals surface area contributed by atoms with Crippen molar-refractivity contribution >= 4 is 17.2 Å². The van der Waals surface area contributed by atoms with Gasteiger partial charge in [0, 0.05) is 23.3 Å². The molecule has 7 heteroatoms. The number of Topliss-reactive ketones (excluding diaryl/α,β-unsaturated/α-hetero) is 1. The van der Waals surface area contributed by atoms with Gasteiger partial charge in [0.05, 0.1) is 31.6 Å². The molecule has 0 amide bonds. The number of carbonyl (C=O) groups excluding carboxylic acids is 1. The number of halogens is 2. The molecule has 174 valence electrons. The fourth-order valence-corrected chi connectivity index (χ4v) is 4.80. The number of nitrogens with one attached hydrogen (secondary N) is 2. The number of benzene rings is 3. The summed E-state index contributed by atoms with van der Waals surface area (Å²) in [6.07, 6.45) is 0.765. The molecule has 34 heavy (non-hydrogen) atoms. The van der Waals surface area contributed by atoms with Crippen LogP contribution >= 0.6 is 0 Å². The van der Waals surface area contributed by atoms with Crippen molar-refractivity contribution in [2.75, 3.05) is 24.9 Å². The molecule has 0 saturated heterocycles. The highest BCUT2D eigenvalue weighted by Crippen LogP contribution is 2.45. The van der Waals surface area contributed by atoms with Gasteiger partial charge in [0.1, 0.15) is 11.6 Å². The van der Waals surface area contributed by atoms with Crippen molar-refractivity contribution in [3.8, 4) is 11.5 Å². The number of allylic oxidation sites excluding steroid dienone is 1. The molecule has 5 rings (SSSR count). The van der Waals surface area contributed by atoms with E-state index in [4.69, 9.17) is 9.47 Å². The van der Waals surface area contributed by atoms with Gasteiger partial charge in [-0.05, 0) is 60.4 Å². The van der Waals surface area contributed by atoms with Gasteiger partial charge >= 0.3 is 0 Å². The molecule has 0 bridgehead atoms. The van der Waals surface area contributed by atoms with Crippen molar-refractivity contribution in [2.45, 2.75) is 24.8 Å². The highest BCUT2D eigenvalue weighted by atomic mass is 19.1. The Kier molecular flexibility index (Phi) is 5.69. The number of fused-ring (bicyclic) bond motifs is 1. The highest BCUT2D eigenvalue weighted by Gasteiger charge is 2.37. The molecule has 5 nitrogen and oxygen atoms in total. The van der Waals surface area contributed by atoms with Gasteiger partial charge in [0.2, 0.25) is 0 Å². The van der Waals surface area contributed by atoms with Gasteiger partial charge in [-0.3, -0.25) is 4.79 Å². The number of para-hydroxylation sites is 2. The monoisotopic (exact) mass is 462 g/mol. The Morgan fingerprint density at radius 1 is 0.882 bits per heavy atom. The van der Waals surface area contributed by atoms with Crippen molar-refractivity contribution in [1.29, 1.82) is 0 Å². The first-order chi connectivity index (χ1) is 16.5. The van der Waals surface area contributed by atoms with Gasteiger partial charge in [-0.15, -0.1) is 0 Å². The van der Waals surface area contributed by atoms with E-state index in [0.29, 0.717) is 34.9 Å². The molecule has 0 aromatic heterocycles. The van der Waals surface area contributed by atoms with Gasteiger partial charge in [-0.2, -0.15) is 0 Å². The first-order valence-corrected chi connectivity index (χ1v) is 11.0. The van der Waals surface area contributed by atoms with Gasteiger partial charge in [-0.1, -0.05) is 18.2 Å². The molecule has 0 saturated carbocycles. The second-order valence-electron chi connectivity index (χ2n) is 8.45. The fraction of sp³-hybridized carbons (Fsp3) is 0.222. The Morgan fingerprint density at radius 2 is 1.65 bits per heavy atom. The normalized spacial score (nSPS) is 19.4. The summed E-state index contributed by atoms with van der Waals surface area (Å²) in [4.78, 5) is 13.6. The lowest BCUT2D eigenvalue weighted by Gasteiger charge is -2.30. The molecule has 1 heterocycles. The van der Waals surface area contributed by atoms with Crippen LogP contribution in [0.25, 0.3) is 0 Å². The first kappa shape index (κ1) is 21.9. The average molecular weight is 462 g/mol. The van der Waals surface area contributed by atoms with E-state index >= 15 is 0 Å². The van der Waals surface area contributed by atoms with E-state index in [2.05, 4.69) is 10.6 Å². The second-order valence-corrected chi connectivity index (χ2v) is 8.45. The third-order valence-electron chi connectivity index (χ3n) is 6.46. The van der Waals surface area contributed by atoms with E-state index in [1.165, 1.54) is 0 Å². The van der Waals surface area contributed by atoms with Crippen LogP contribution in [0.1, 0.15) is 35.9 Å². The predicted molar refractivity (Wildman–Crippen MR) is 126 cm³/mol. The maximum Gasteiger partial charge on any atom is 0.163 e. The highest BCUT2D eigenvalue weighted by molar-refractivity contribution is 6.01. The van der Waals surface area contributed by atoms with Crippen LogP contribution in [-0.2, 0) is 4.79 Å². The summed E-state index contributed by atoms with van der Waals surface area (Å²) < 4.78 is 39.7. The average Bonchev–Trinajstić information content (AvgIpc) is 3.01. The largest absolute Gasteiger partial charge is 0.493 e. The van der Waals surface area contributed by atoms with Crippen molar-refractivity contribution in [1.82, 2.24) is 0 Å². The van der Waals surface area contributed by atoms with Crippen LogP contribution in [0, 0.1) is 11.6 Å². The summed E-state index contributed by atoms with van der Waals surface area (Å²) in [5.74, 6) is -0.157. The predicted octanol–water partition coefficient (Wildman–Crippen LogP) is 5.96. The molecule has 2 atom stereocenters. The molecule has 2 aliphatic rings. The van der Waals surface area contributed by atoms with E-state index in [1.54, 1.807) is 14.2 Å². The summed E-state index contributed by atoms with van der Waals surface area (Å²) in [7, 11) is 3.15. The smallest absolute Gasteiger partial charge is 0.163 e. The summed E-state index contributed by atoms with van der Waals surface area (Å²) >= 11 is 0. The zero-order valence-corrected chi connectivity index (χ0v) is 18.8. The summed E-state index contributed by atoms with van der Waals surface area (Å²) in [5, 5.41) is 6.68. The number of hydrogen-bond donors (Lipinski definition) is 2. The minimum absolute atomic E-state index is 0.101. The van der Waals surface area contributed by atoms with E-state index in [9.17, 15) is 13.6 Å². The number of carbonyl (C=O) groups is 1. The van der Waals surface area contributed by atoms with Crippen molar-refractivity contribution in [3.63, 3.8) is 0 Å². The van der Waals surface area contributed by atoms with Crippen LogP contribution in [0.3, 0.4) is 0 Å². The molecule has 0 unspecified atom stereocenters. The number of hydrogen-bond acceptors (Lipinski definition) is 5. The molecule has 1 aliphatic carbocycles. The SMILES string of the molecule is COc1ccc([C@@H]2CC(=O)C3=C(C2)Nc2ccccc2N[C@@H]3c2cc(F)ccc2F)cc1OC. The van der Waals surface area contributed by atoms with Crippen LogP contribution in [0.2, 0.25) is 0 Å². The van der Waals surface area contributed by atoms with Crippen LogP contribution < -0.4 is 20.1 Å². The number of methoxy groups -OCH3 is 2. The van der Waals surface area contributed by atoms with E-state index in [0.717, 1.165) is 29.4 Å². The third kappa shape index (κ3) is 3.87. The number of ether oxygens (including phenoxy) is 2. The van der Waals surface area contributed by atoms with E-state index < -0.39 is 17.7 Å². The Bertz CT molecular complexity index is 1300. The van der Waals surface area contributed by atoms with E-state index in [-0.39, 0.29) is 23.7 Å².